The van der Waals surface area contributed by atoms with Crippen LogP contribution in [0.15, 0.2) is 12.7 Å². The molecule has 2 fully saturated rings. The number of nitrogens with two attached hydrogens (primary N) is 1. The Morgan fingerprint density at radius 2 is 1.79 bits per heavy atom. The standard InChI is InChI=1S/C18H32N4O2/c1-2-8-20-16(23)14-21-9-11-22(12-10-21)17(24)13-18(15-19)6-4-3-5-7-18/h2H,1,3-15,19H2,(H,20,23). The van der Waals surface area contributed by atoms with Crippen molar-refractivity contribution in [1.29, 1.82) is 0 Å². The van der Waals surface area contributed by atoms with Crippen molar-refractivity contribution in [3.8, 4) is 0 Å². The predicted molar refractivity (Wildman–Crippen MR) is 95.4 cm³/mol. The van der Waals surface area contributed by atoms with Gasteiger partial charge in [0.25, 0.3) is 0 Å². The summed E-state index contributed by atoms with van der Waals surface area (Å²) < 4.78 is 0. The van der Waals surface area contributed by atoms with Gasteiger partial charge in [0.1, 0.15) is 0 Å². The zero-order valence-electron chi connectivity index (χ0n) is 14.8. The number of hydrogen-bond donors (Lipinski definition) is 2. The van der Waals surface area contributed by atoms with Gasteiger partial charge in [0.05, 0.1) is 6.54 Å². The van der Waals surface area contributed by atoms with Gasteiger partial charge in [-0.3, -0.25) is 14.5 Å². The van der Waals surface area contributed by atoms with E-state index < -0.39 is 0 Å². The van der Waals surface area contributed by atoms with Crippen LogP contribution in [0.4, 0.5) is 0 Å². The Bertz CT molecular complexity index is 438. The van der Waals surface area contributed by atoms with Crippen LogP contribution in [-0.2, 0) is 9.59 Å². The topological polar surface area (TPSA) is 78.7 Å². The minimum absolute atomic E-state index is 0.0129. The molecule has 2 amide bonds. The lowest BCUT2D eigenvalue weighted by Crippen LogP contribution is -2.52. The molecular formula is C18H32N4O2. The van der Waals surface area contributed by atoms with E-state index in [1.807, 2.05) is 4.90 Å². The average Bonchev–Trinajstić information content (AvgIpc) is 2.61. The van der Waals surface area contributed by atoms with Gasteiger partial charge < -0.3 is 16.0 Å². The van der Waals surface area contributed by atoms with Crippen LogP contribution in [-0.4, -0.2) is 67.4 Å². The van der Waals surface area contributed by atoms with Crippen LogP contribution in [0.2, 0.25) is 0 Å². The summed E-state index contributed by atoms with van der Waals surface area (Å²) in [6, 6.07) is 0. The number of amides is 2. The highest BCUT2D eigenvalue weighted by molar-refractivity contribution is 5.78. The lowest BCUT2D eigenvalue weighted by atomic mass is 9.71. The van der Waals surface area contributed by atoms with E-state index in [1.54, 1.807) is 6.08 Å². The van der Waals surface area contributed by atoms with Crippen LogP contribution < -0.4 is 11.1 Å². The van der Waals surface area contributed by atoms with Gasteiger partial charge in [-0.2, -0.15) is 0 Å². The van der Waals surface area contributed by atoms with Crippen molar-refractivity contribution >= 4 is 11.8 Å². The van der Waals surface area contributed by atoms with E-state index in [9.17, 15) is 9.59 Å². The van der Waals surface area contributed by atoms with Gasteiger partial charge in [-0.25, -0.2) is 0 Å². The molecule has 0 aromatic heterocycles. The number of carbonyl (C=O) groups excluding carboxylic acids is 2. The summed E-state index contributed by atoms with van der Waals surface area (Å²) in [4.78, 5) is 28.4. The molecule has 24 heavy (non-hydrogen) atoms. The third-order valence-electron chi connectivity index (χ3n) is 5.41. The molecule has 1 heterocycles. The fourth-order valence-electron chi connectivity index (χ4n) is 3.79. The Hall–Kier alpha value is -1.40. The van der Waals surface area contributed by atoms with Crippen molar-refractivity contribution < 1.29 is 9.59 Å². The maximum Gasteiger partial charge on any atom is 0.234 e. The summed E-state index contributed by atoms with van der Waals surface area (Å²) in [6.45, 7) is 8.00. The average molecular weight is 336 g/mol. The summed E-state index contributed by atoms with van der Waals surface area (Å²) in [6.07, 6.45) is 8.08. The SMILES string of the molecule is C=CCNC(=O)CN1CCN(C(=O)CC2(CN)CCCCC2)CC1. The molecule has 1 aliphatic carbocycles. The van der Waals surface area contributed by atoms with Gasteiger partial charge in [-0.05, 0) is 24.8 Å². The van der Waals surface area contributed by atoms with Gasteiger partial charge in [0.15, 0.2) is 0 Å². The van der Waals surface area contributed by atoms with Crippen LogP contribution in [0.25, 0.3) is 0 Å². The predicted octanol–water partition coefficient (Wildman–Crippen LogP) is 0.732. The fraction of sp³-hybridized carbons (Fsp3) is 0.778. The molecule has 2 aliphatic rings. The fourth-order valence-corrected chi connectivity index (χ4v) is 3.79. The number of hydrogen-bond acceptors (Lipinski definition) is 4. The molecule has 0 radical (unpaired) electrons. The van der Waals surface area contributed by atoms with E-state index in [-0.39, 0.29) is 17.2 Å². The zero-order valence-corrected chi connectivity index (χ0v) is 14.8. The molecule has 0 aromatic carbocycles. The largest absolute Gasteiger partial charge is 0.352 e. The number of piperazine rings is 1. The molecule has 1 saturated heterocycles. The number of nitrogens with one attached hydrogen (secondary N) is 1. The van der Waals surface area contributed by atoms with E-state index >= 15 is 0 Å². The second kappa shape index (κ2) is 9.18. The van der Waals surface area contributed by atoms with Crippen LogP contribution in [0, 0.1) is 5.41 Å². The van der Waals surface area contributed by atoms with Crippen LogP contribution in [0.3, 0.4) is 0 Å². The molecule has 6 nitrogen and oxygen atoms in total. The highest BCUT2D eigenvalue weighted by atomic mass is 16.2. The van der Waals surface area contributed by atoms with E-state index in [0.717, 1.165) is 25.9 Å². The Morgan fingerprint density at radius 1 is 1.12 bits per heavy atom. The van der Waals surface area contributed by atoms with Crippen LogP contribution >= 0.6 is 0 Å². The normalized spacial score (nSPS) is 21.3. The Kier molecular flexibility index (Phi) is 7.24. The summed E-state index contributed by atoms with van der Waals surface area (Å²) in [7, 11) is 0. The Labute approximate surface area is 145 Å². The zero-order chi connectivity index (χ0) is 17.4. The van der Waals surface area contributed by atoms with Crippen LogP contribution in [0.5, 0.6) is 0 Å². The monoisotopic (exact) mass is 336 g/mol. The minimum Gasteiger partial charge on any atom is -0.352 e. The van der Waals surface area contributed by atoms with Gasteiger partial charge in [-0.15, -0.1) is 6.58 Å². The maximum absolute atomic E-state index is 12.7. The van der Waals surface area contributed by atoms with Crippen molar-refractivity contribution in [2.24, 2.45) is 11.1 Å². The molecule has 136 valence electrons. The second-order valence-electron chi connectivity index (χ2n) is 7.19. The maximum atomic E-state index is 12.7. The lowest BCUT2D eigenvalue weighted by Gasteiger charge is -2.39. The Morgan fingerprint density at radius 3 is 2.38 bits per heavy atom. The van der Waals surface area contributed by atoms with E-state index in [2.05, 4.69) is 16.8 Å². The van der Waals surface area contributed by atoms with E-state index in [0.29, 0.717) is 39.1 Å². The molecule has 0 spiro atoms. The summed E-state index contributed by atoms with van der Waals surface area (Å²) >= 11 is 0. The molecule has 2 rings (SSSR count). The molecule has 1 aliphatic heterocycles. The summed E-state index contributed by atoms with van der Waals surface area (Å²) in [5.74, 6) is 0.247. The second-order valence-corrected chi connectivity index (χ2v) is 7.19. The molecular weight excluding hydrogens is 304 g/mol. The highest BCUT2D eigenvalue weighted by Crippen LogP contribution is 2.38. The molecule has 3 N–H and O–H groups in total. The van der Waals surface area contributed by atoms with Crippen molar-refractivity contribution in [3.63, 3.8) is 0 Å². The molecule has 0 unspecified atom stereocenters. The first-order valence-electron chi connectivity index (χ1n) is 9.16. The lowest BCUT2D eigenvalue weighted by molar-refractivity contribution is -0.136. The molecule has 0 atom stereocenters. The van der Waals surface area contributed by atoms with E-state index in [4.69, 9.17) is 5.73 Å². The van der Waals surface area contributed by atoms with Crippen molar-refractivity contribution in [2.75, 3.05) is 45.8 Å². The smallest absolute Gasteiger partial charge is 0.234 e. The van der Waals surface area contributed by atoms with Gasteiger partial charge >= 0.3 is 0 Å². The number of nitrogens with zero attached hydrogens (tertiary/aromatic N) is 2. The molecule has 0 aromatic rings. The van der Waals surface area contributed by atoms with Crippen LogP contribution in [0.1, 0.15) is 38.5 Å². The first-order chi connectivity index (χ1) is 11.6. The molecule has 0 bridgehead atoms. The quantitative estimate of drug-likeness (QED) is 0.672. The van der Waals surface area contributed by atoms with Gasteiger partial charge in [0.2, 0.25) is 11.8 Å². The van der Waals surface area contributed by atoms with Gasteiger partial charge in [-0.1, -0.05) is 25.3 Å². The number of carbonyl (C=O) groups is 2. The first kappa shape index (κ1) is 18.9. The first-order valence-corrected chi connectivity index (χ1v) is 9.16. The third-order valence-corrected chi connectivity index (χ3v) is 5.41. The molecule has 6 heteroatoms. The van der Waals surface area contributed by atoms with E-state index in [1.165, 1.54) is 19.3 Å². The third kappa shape index (κ3) is 5.31. The van der Waals surface area contributed by atoms with Crippen molar-refractivity contribution in [3.05, 3.63) is 12.7 Å². The van der Waals surface area contributed by atoms with Crippen molar-refractivity contribution in [2.45, 2.75) is 38.5 Å². The summed E-state index contributed by atoms with van der Waals surface area (Å²) in [5.41, 5.74) is 6.03. The highest BCUT2D eigenvalue weighted by Gasteiger charge is 2.35. The Balaban J connectivity index is 1.76. The molecule has 1 saturated carbocycles. The van der Waals surface area contributed by atoms with Gasteiger partial charge in [0, 0.05) is 39.1 Å². The minimum atomic E-state index is 0.0129. The summed E-state index contributed by atoms with van der Waals surface area (Å²) in [5, 5.41) is 2.79. The number of rotatable bonds is 7. The van der Waals surface area contributed by atoms with Crippen molar-refractivity contribution in [1.82, 2.24) is 15.1 Å².